The zero-order valence-electron chi connectivity index (χ0n) is 17.2. The summed E-state index contributed by atoms with van der Waals surface area (Å²) in [5, 5.41) is 12.3. The molecule has 0 aromatic heterocycles. The van der Waals surface area contributed by atoms with Crippen molar-refractivity contribution in [2.45, 2.75) is 32.4 Å². The van der Waals surface area contributed by atoms with E-state index in [1.54, 1.807) is 48.5 Å². The SMILES string of the molecule is Cc1ccc(C(=O)C[C@@]2(O)C(=O)N(Cc3ccc(Cl)c(Cl)c3)c3ccccc32)c(C)c1. The summed E-state index contributed by atoms with van der Waals surface area (Å²) in [4.78, 5) is 28.0. The second kappa shape index (κ2) is 8.12. The largest absolute Gasteiger partial charge is 0.375 e. The molecule has 4 rings (SSSR count). The number of nitrogens with zero attached hydrogens (tertiary/aromatic N) is 1. The van der Waals surface area contributed by atoms with E-state index in [-0.39, 0.29) is 18.7 Å². The van der Waals surface area contributed by atoms with Crippen molar-refractivity contribution in [3.8, 4) is 0 Å². The molecule has 0 saturated heterocycles. The molecule has 1 heterocycles. The van der Waals surface area contributed by atoms with Gasteiger partial charge in [-0.25, -0.2) is 0 Å². The van der Waals surface area contributed by atoms with E-state index in [0.29, 0.717) is 26.9 Å². The molecule has 4 nitrogen and oxygen atoms in total. The molecule has 1 atom stereocenters. The number of carbonyl (C=O) groups excluding carboxylic acids is 2. The van der Waals surface area contributed by atoms with E-state index in [1.165, 1.54) is 4.90 Å². The topological polar surface area (TPSA) is 57.6 Å². The number of para-hydroxylation sites is 1. The van der Waals surface area contributed by atoms with Gasteiger partial charge < -0.3 is 10.0 Å². The molecular weight excluding hydrogens is 433 g/mol. The Morgan fingerprint density at radius 2 is 1.74 bits per heavy atom. The smallest absolute Gasteiger partial charge is 0.264 e. The molecule has 3 aromatic carbocycles. The van der Waals surface area contributed by atoms with E-state index < -0.39 is 11.5 Å². The molecule has 0 bridgehead atoms. The van der Waals surface area contributed by atoms with Crippen molar-refractivity contribution in [3.63, 3.8) is 0 Å². The lowest BCUT2D eigenvalue weighted by Gasteiger charge is -2.23. The average Bonchev–Trinajstić information content (AvgIpc) is 2.92. The summed E-state index contributed by atoms with van der Waals surface area (Å²) in [5.74, 6) is -0.808. The van der Waals surface area contributed by atoms with E-state index in [0.717, 1.165) is 16.7 Å². The Morgan fingerprint density at radius 3 is 2.45 bits per heavy atom. The number of Topliss-reactive ketones (excluding diaryl/α,β-unsaturated/α-hetero) is 1. The Kier molecular flexibility index (Phi) is 5.65. The maximum Gasteiger partial charge on any atom is 0.264 e. The quantitative estimate of drug-likeness (QED) is 0.510. The van der Waals surface area contributed by atoms with Gasteiger partial charge in [0.15, 0.2) is 11.4 Å². The standard InChI is InChI=1S/C25H21Cl2NO3/c1-15-7-9-18(16(2)11-15)23(29)13-25(31)19-5-3-4-6-22(19)28(24(25)30)14-17-8-10-20(26)21(27)12-17/h3-12,31H,13-14H2,1-2H3/t25-/m0/s1. The van der Waals surface area contributed by atoms with Gasteiger partial charge >= 0.3 is 0 Å². The summed E-state index contributed by atoms with van der Waals surface area (Å²) in [5.41, 5.74) is 2.21. The molecule has 158 valence electrons. The van der Waals surface area contributed by atoms with Crippen LogP contribution in [0.5, 0.6) is 0 Å². The number of ketones is 1. The molecule has 31 heavy (non-hydrogen) atoms. The fourth-order valence-electron chi connectivity index (χ4n) is 4.11. The lowest BCUT2D eigenvalue weighted by Crippen LogP contribution is -2.41. The molecular formula is C25H21Cl2NO3. The van der Waals surface area contributed by atoms with Crippen molar-refractivity contribution in [1.29, 1.82) is 0 Å². The first-order chi connectivity index (χ1) is 14.7. The van der Waals surface area contributed by atoms with Crippen molar-refractivity contribution in [2.24, 2.45) is 0 Å². The van der Waals surface area contributed by atoms with Crippen LogP contribution in [0.25, 0.3) is 0 Å². The van der Waals surface area contributed by atoms with Crippen molar-refractivity contribution < 1.29 is 14.7 Å². The van der Waals surface area contributed by atoms with Crippen molar-refractivity contribution in [3.05, 3.63) is 98.5 Å². The van der Waals surface area contributed by atoms with Crippen LogP contribution in [-0.2, 0) is 16.9 Å². The summed E-state index contributed by atoms with van der Waals surface area (Å²) in [7, 11) is 0. The predicted molar refractivity (Wildman–Crippen MR) is 123 cm³/mol. The van der Waals surface area contributed by atoms with Crippen molar-refractivity contribution in [1.82, 2.24) is 0 Å². The first-order valence-corrected chi connectivity index (χ1v) is 10.6. The number of amides is 1. The van der Waals surface area contributed by atoms with Gasteiger partial charge in [0.1, 0.15) is 0 Å². The van der Waals surface area contributed by atoms with Crippen LogP contribution >= 0.6 is 23.2 Å². The molecule has 1 aliphatic heterocycles. The summed E-state index contributed by atoms with van der Waals surface area (Å²) in [6, 6.07) is 17.7. The lowest BCUT2D eigenvalue weighted by molar-refractivity contribution is -0.136. The van der Waals surface area contributed by atoms with Crippen LogP contribution in [0.4, 0.5) is 5.69 Å². The van der Waals surface area contributed by atoms with Crippen LogP contribution in [0.1, 0.15) is 39.0 Å². The normalized spacial score (nSPS) is 17.7. The number of aryl methyl sites for hydroxylation is 2. The number of hydrogen-bond acceptors (Lipinski definition) is 3. The highest BCUT2D eigenvalue weighted by atomic mass is 35.5. The lowest BCUT2D eigenvalue weighted by atomic mass is 9.87. The van der Waals surface area contributed by atoms with Gasteiger partial charge in [0.25, 0.3) is 5.91 Å². The number of anilines is 1. The summed E-state index contributed by atoms with van der Waals surface area (Å²) in [6.07, 6.45) is -0.329. The molecule has 1 aliphatic rings. The molecule has 0 spiro atoms. The minimum Gasteiger partial charge on any atom is -0.375 e. The third kappa shape index (κ3) is 3.87. The van der Waals surface area contributed by atoms with E-state index in [4.69, 9.17) is 23.2 Å². The van der Waals surface area contributed by atoms with Gasteiger partial charge in [0.2, 0.25) is 0 Å². The number of halogens is 2. The molecule has 0 aliphatic carbocycles. The number of fused-ring (bicyclic) bond motifs is 1. The number of carbonyl (C=O) groups is 2. The molecule has 6 heteroatoms. The minimum absolute atomic E-state index is 0.201. The van der Waals surface area contributed by atoms with Crippen LogP contribution in [0.3, 0.4) is 0 Å². The van der Waals surface area contributed by atoms with Crippen molar-refractivity contribution in [2.75, 3.05) is 4.90 Å². The van der Waals surface area contributed by atoms with Gasteiger partial charge in [-0.15, -0.1) is 0 Å². The molecule has 0 saturated carbocycles. The van der Waals surface area contributed by atoms with Gasteiger partial charge in [-0.2, -0.15) is 0 Å². The summed E-state index contributed by atoms with van der Waals surface area (Å²) in [6.45, 7) is 4.00. The molecule has 0 radical (unpaired) electrons. The van der Waals surface area contributed by atoms with E-state index in [2.05, 4.69) is 0 Å². The van der Waals surface area contributed by atoms with E-state index in [9.17, 15) is 14.7 Å². The fourth-order valence-corrected chi connectivity index (χ4v) is 4.43. The number of benzene rings is 3. The Labute approximate surface area is 191 Å². The number of hydrogen-bond donors (Lipinski definition) is 1. The van der Waals surface area contributed by atoms with E-state index >= 15 is 0 Å². The van der Waals surface area contributed by atoms with Crippen LogP contribution in [0.15, 0.2) is 60.7 Å². The molecule has 3 aromatic rings. The first kappa shape index (κ1) is 21.6. The molecule has 1 N–H and O–H groups in total. The first-order valence-electron chi connectivity index (χ1n) is 9.89. The number of aliphatic hydroxyl groups is 1. The Bertz CT molecular complexity index is 1210. The Balaban J connectivity index is 1.69. The minimum atomic E-state index is -1.93. The monoisotopic (exact) mass is 453 g/mol. The van der Waals surface area contributed by atoms with Crippen LogP contribution in [0, 0.1) is 13.8 Å². The summed E-state index contributed by atoms with van der Waals surface area (Å²) < 4.78 is 0. The molecule has 0 fully saturated rings. The highest BCUT2D eigenvalue weighted by Crippen LogP contribution is 2.43. The second-order valence-corrected chi connectivity index (χ2v) is 8.75. The zero-order valence-corrected chi connectivity index (χ0v) is 18.7. The van der Waals surface area contributed by atoms with Crippen LogP contribution < -0.4 is 4.90 Å². The van der Waals surface area contributed by atoms with Crippen molar-refractivity contribution >= 4 is 40.6 Å². The van der Waals surface area contributed by atoms with Crippen LogP contribution in [-0.4, -0.2) is 16.8 Å². The highest BCUT2D eigenvalue weighted by Gasteiger charge is 2.50. The van der Waals surface area contributed by atoms with Gasteiger partial charge in [-0.1, -0.05) is 71.2 Å². The average molecular weight is 454 g/mol. The van der Waals surface area contributed by atoms with Gasteiger partial charge in [0.05, 0.1) is 28.7 Å². The predicted octanol–water partition coefficient (Wildman–Crippen LogP) is 5.62. The Morgan fingerprint density at radius 1 is 1.00 bits per heavy atom. The second-order valence-electron chi connectivity index (χ2n) is 7.94. The highest BCUT2D eigenvalue weighted by molar-refractivity contribution is 6.42. The fraction of sp³-hybridized carbons (Fsp3) is 0.200. The van der Waals surface area contributed by atoms with Gasteiger partial charge in [0, 0.05) is 11.1 Å². The number of rotatable bonds is 5. The van der Waals surface area contributed by atoms with Gasteiger partial charge in [-0.05, 0) is 43.2 Å². The molecule has 1 amide bonds. The third-order valence-corrected chi connectivity index (χ3v) is 6.40. The van der Waals surface area contributed by atoms with Gasteiger partial charge in [-0.3, -0.25) is 9.59 Å². The summed E-state index contributed by atoms with van der Waals surface area (Å²) >= 11 is 12.1. The molecule has 0 unspecified atom stereocenters. The zero-order chi connectivity index (χ0) is 22.3. The Hall–Kier alpha value is -2.66. The third-order valence-electron chi connectivity index (χ3n) is 5.66. The van der Waals surface area contributed by atoms with Crippen LogP contribution in [0.2, 0.25) is 10.0 Å². The van der Waals surface area contributed by atoms with E-state index in [1.807, 2.05) is 26.0 Å². The maximum absolute atomic E-state index is 13.4. The maximum atomic E-state index is 13.4.